The van der Waals surface area contributed by atoms with Gasteiger partial charge in [-0.1, -0.05) is 0 Å². The molecule has 0 aromatic rings. The monoisotopic (exact) mass is 261 g/mol. The van der Waals surface area contributed by atoms with Crippen LogP contribution in [-0.2, 0) is 14.2 Å². The van der Waals surface area contributed by atoms with Gasteiger partial charge >= 0.3 is 0 Å². The summed E-state index contributed by atoms with van der Waals surface area (Å²) in [6.45, 7) is 8.28. The first-order valence-corrected chi connectivity index (χ1v) is 6.63. The molecule has 108 valence electrons. The highest BCUT2D eigenvalue weighted by atomic mass is 16.5. The Kier molecular flexibility index (Phi) is 6.52. The van der Waals surface area contributed by atoms with Crippen molar-refractivity contribution in [1.29, 1.82) is 0 Å². The molecule has 18 heavy (non-hydrogen) atoms. The van der Waals surface area contributed by atoms with Gasteiger partial charge in [-0.15, -0.1) is 0 Å². The largest absolute Gasteiger partial charge is 0.389 e. The average Bonchev–Trinajstić information content (AvgIpc) is 2.65. The number of nitrogens with one attached hydrogen (secondary N) is 1. The molecule has 1 rings (SSSR count). The van der Waals surface area contributed by atoms with Crippen molar-refractivity contribution in [2.45, 2.75) is 51.0 Å². The number of hydrogen-bond donors (Lipinski definition) is 2. The summed E-state index contributed by atoms with van der Waals surface area (Å²) < 4.78 is 16.0. The van der Waals surface area contributed by atoms with Gasteiger partial charge in [0.05, 0.1) is 31.5 Å². The Labute approximate surface area is 110 Å². The van der Waals surface area contributed by atoms with E-state index in [1.165, 1.54) is 0 Å². The molecule has 2 N–H and O–H groups in total. The molecule has 0 aliphatic carbocycles. The van der Waals surface area contributed by atoms with E-state index >= 15 is 0 Å². The molecule has 0 aromatic carbocycles. The van der Waals surface area contributed by atoms with Gasteiger partial charge in [-0.2, -0.15) is 0 Å². The van der Waals surface area contributed by atoms with Crippen LogP contribution in [0.25, 0.3) is 0 Å². The van der Waals surface area contributed by atoms with Crippen molar-refractivity contribution < 1.29 is 19.3 Å². The fraction of sp³-hybridized carbons (Fsp3) is 1.00. The average molecular weight is 261 g/mol. The Morgan fingerprint density at radius 3 is 2.78 bits per heavy atom. The molecule has 0 saturated carbocycles. The Hall–Kier alpha value is -0.200. The predicted molar refractivity (Wildman–Crippen MR) is 69.7 cm³/mol. The maximum atomic E-state index is 9.86. The van der Waals surface area contributed by atoms with E-state index in [4.69, 9.17) is 14.2 Å². The molecule has 1 aliphatic heterocycles. The van der Waals surface area contributed by atoms with Crippen LogP contribution in [0.5, 0.6) is 0 Å². The lowest BCUT2D eigenvalue weighted by Crippen LogP contribution is -2.51. The van der Waals surface area contributed by atoms with Crippen molar-refractivity contribution in [3.8, 4) is 0 Å². The van der Waals surface area contributed by atoms with Gasteiger partial charge in [-0.25, -0.2) is 0 Å². The van der Waals surface area contributed by atoms with Crippen LogP contribution in [0.15, 0.2) is 0 Å². The normalized spacial score (nSPS) is 31.5. The molecule has 5 nitrogen and oxygen atoms in total. The number of β-amino-alcohol motifs (C(OH)–C–C–N with tert-alkyl or cyclic N) is 1. The van der Waals surface area contributed by atoms with E-state index in [1.807, 2.05) is 6.92 Å². The molecule has 1 fully saturated rings. The number of aliphatic hydroxyl groups is 1. The molecule has 1 aliphatic rings. The lowest BCUT2D eigenvalue weighted by atomic mass is 9.94. The molecule has 0 bridgehead atoms. The van der Waals surface area contributed by atoms with Crippen molar-refractivity contribution >= 4 is 0 Å². The van der Waals surface area contributed by atoms with Crippen molar-refractivity contribution in [1.82, 2.24) is 5.32 Å². The Balaban J connectivity index is 2.18. The van der Waals surface area contributed by atoms with E-state index in [2.05, 4.69) is 19.2 Å². The zero-order valence-corrected chi connectivity index (χ0v) is 11.9. The van der Waals surface area contributed by atoms with Crippen LogP contribution in [0, 0.1) is 0 Å². The first-order valence-electron chi connectivity index (χ1n) is 6.63. The summed E-state index contributed by atoms with van der Waals surface area (Å²) in [4.78, 5) is 0. The highest BCUT2D eigenvalue weighted by molar-refractivity contribution is 4.93. The number of rotatable bonds is 8. The molecule has 4 atom stereocenters. The summed E-state index contributed by atoms with van der Waals surface area (Å²) >= 11 is 0. The van der Waals surface area contributed by atoms with Crippen molar-refractivity contribution in [2.24, 2.45) is 0 Å². The molecule has 0 amide bonds. The highest BCUT2D eigenvalue weighted by Gasteiger charge is 2.36. The quantitative estimate of drug-likeness (QED) is 0.668. The Morgan fingerprint density at radius 2 is 2.22 bits per heavy atom. The predicted octanol–water partition coefficient (Wildman–Crippen LogP) is 0.556. The van der Waals surface area contributed by atoms with E-state index in [-0.39, 0.29) is 17.7 Å². The second-order valence-electron chi connectivity index (χ2n) is 5.31. The molecular weight excluding hydrogens is 234 g/mol. The minimum atomic E-state index is -0.506. The minimum Gasteiger partial charge on any atom is -0.389 e. The second-order valence-corrected chi connectivity index (χ2v) is 5.31. The fourth-order valence-corrected chi connectivity index (χ4v) is 2.04. The molecule has 5 heteroatoms. The lowest BCUT2D eigenvalue weighted by molar-refractivity contribution is -0.0335. The van der Waals surface area contributed by atoms with Crippen molar-refractivity contribution in [2.75, 3.05) is 33.5 Å². The van der Waals surface area contributed by atoms with Gasteiger partial charge in [0.2, 0.25) is 0 Å². The third-order valence-corrected chi connectivity index (χ3v) is 3.60. The highest BCUT2D eigenvalue weighted by Crippen LogP contribution is 2.24. The second kappa shape index (κ2) is 7.40. The van der Waals surface area contributed by atoms with Gasteiger partial charge in [0.1, 0.15) is 0 Å². The maximum Gasteiger partial charge on any atom is 0.0898 e. The summed E-state index contributed by atoms with van der Waals surface area (Å²) in [6.07, 6.45) is 0.655. The maximum absolute atomic E-state index is 9.86. The van der Waals surface area contributed by atoms with Crippen molar-refractivity contribution in [3.05, 3.63) is 0 Å². The van der Waals surface area contributed by atoms with Gasteiger partial charge < -0.3 is 24.6 Å². The summed E-state index contributed by atoms with van der Waals surface area (Å²) in [5, 5.41) is 13.2. The van der Waals surface area contributed by atoms with Crippen LogP contribution >= 0.6 is 0 Å². The number of aliphatic hydroxyl groups excluding tert-OH is 1. The summed E-state index contributed by atoms with van der Waals surface area (Å²) in [6, 6.07) is 0. The molecule has 1 saturated heterocycles. The van der Waals surface area contributed by atoms with Crippen LogP contribution in [0.3, 0.4) is 0 Å². The fourth-order valence-electron chi connectivity index (χ4n) is 2.04. The van der Waals surface area contributed by atoms with Crippen LogP contribution in [0.2, 0.25) is 0 Å². The van der Waals surface area contributed by atoms with E-state index in [0.717, 1.165) is 13.0 Å². The standard InChI is InChI=1S/C13H27NO4/c1-10(8-16-4)18-9-12(15)7-14-13(3)5-6-17-11(13)2/h10-12,14-15H,5-9H2,1-4H3. The SMILES string of the molecule is COCC(C)OCC(O)CNC1(C)CCOC1C. The van der Waals surface area contributed by atoms with E-state index in [9.17, 15) is 5.11 Å². The molecular formula is C13H27NO4. The molecule has 4 unspecified atom stereocenters. The third kappa shape index (κ3) is 4.82. The topological polar surface area (TPSA) is 60.0 Å². The number of methoxy groups -OCH3 is 1. The Bertz CT molecular complexity index is 239. The summed E-state index contributed by atoms with van der Waals surface area (Å²) in [5.41, 5.74) is -0.0425. The van der Waals surface area contributed by atoms with Gasteiger partial charge in [-0.3, -0.25) is 0 Å². The van der Waals surface area contributed by atoms with Gasteiger partial charge in [0, 0.05) is 25.8 Å². The number of ether oxygens (including phenoxy) is 3. The molecule has 0 radical (unpaired) electrons. The van der Waals surface area contributed by atoms with Gasteiger partial charge in [0.15, 0.2) is 0 Å². The van der Waals surface area contributed by atoms with E-state index in [1.54, 1.807) is 7.11 Å². The minimum absolute atomic E-state index is 0.00831. The van der Waals surface area contributed by atoms with E-state index < -0.39 is 6.10 Å². The molecule has 0 aromatic heterocycles. The van der Waals surface area contributed by atoms with Gasteiger partial charge in [-0.05, 0) is 27.2 Å². The Morgan fingerprint density at radius 1 is 1.50 bits per heavy atom. The molecule has 1 heterocycles. The smallest absolute Gasteiger partial charge is 0.0898 e. The zero-order chi connectivity index (χ0) is 13.6. The summed E-state index contributed by atoms with van der Waals surface area (Å²) in [5.74, 6) is 0. The van der Waals surface area contributed by atoms with Crippen LogP contribution < -0.4 is 5.32 Å². The van der Waals surface area contributed by atoms with Crippen LogP contribution in [0.4, 0.5) is 0 Å². The third-order valence-electron chi connectivity index (χ3n) is 3.60. The van der Waals surface area contributed by atoms with Gasteiger partial charge in [0.25, 0.3) is 0 Å². The lowest BCUT2D eigenvalue weighted by Gasteiger charge is -2.30. The zero-order valence-electron chi connectivity index (χ0n) is 11.9. The molecule has 0 spiro atoms. The first kappa shape index (κ1) is 15.9. The summed E-state index contributed by atoms with van der Waals surface area (Å²) in [7, 11) is 1.64. The van der Waals surface area contributed by atoms with Crippen LogP contribution in [-0.4, -0.2) is 62.4 Å². The first-order chi connectivity index (χ1) is 8.48. The van der Waals surface area contributed by atoms with E-state index in [0.29, 0.717) is 19.8 Å². The van der Waals surface area contributed by atoms with Crippen LogP contribution in [0.1, 0.15) is 27.2 Å². The number of hydrogen-bond acceptors (Lipinski definition) is 5. The van der Waals surface area contributed by atoms with Crippen molar-refractivity contribution in [3.63, 3.8) is 0 Å².